The van der Waals surface area contributed by atoms with Gasteiger partial charge in [0.1, 0.15) is 0 Å². The summed E-state index contributed by atoms with van der Waals surface area (Å²) in [5, 5.41) is 8.47. The highest BCUT2D eigenvalue weighted by Crippen LogP contribution is 2.04. The van der Waals surface area contributed by atoms with E-state index in [1.54, 1.807) is 16.8 Å². The van der Waals surface area contributed by atoms with Crippen LogP contribution in [0.4, 0.5) is 4.79 Å². The van der Waals surface area contributed by atoms with Crippen molar-refractivity contribution in [3.63, 3.8) is 0 Å². The van der Waals surface area contributed by atoms with Crippen LogP contribution in [0.2, 0.25) is 0 Å². The number of hydrogen-bond donors (Lipinski definition) is 0. The fourth-order valence-electron chi connectivity index (χ4n) is 1.10. The van der Waals surface area contributed by atoms with Gasteiger partial charge in [0.05, 0.1) is 12.5 Å². The molecule has 0 aromatic rings. The lowest BCUT2D eigenvalue weighted by atomic mass is 10.3. The van der Waals surface area contributed by atoms with Crippen LogP contribution in [0.5, 0.6) is 0 Å². The van der Waals surface area contributed by atoms with Gasteiger partial charge in [-0.2, -0.15) is 5.26 Å². The number of carbonyl (C=O) groups is 1. The van der Waals surface area contributed by atoms with E-state index in [-0.39, 0.29) is 12.1 Å². The Balaban J connectivity index is 4.34. The monoisotopic (exact) mass is 197 g/mol. The van der Waals surface area contributed by atoms with Crippen LogP contribution >= 0.6 is 0 Å². The SMILES string of the molecule is CCN(C)C(=O)N(CCC#N)C(C)C. The number of hydrogen-bond acceptors (Lipinski definition) is 2. The molecule has 0 saturated heterocycles. The molecule has 0 heterocycles. The molecule has 80 valence electrons. The summed E-state index contributed by atoms with van der Waals surface area (Å²) < 4.78 is 0. The topological polar surface area (TPSA) is 47.3 Å². The lowest BCUT2D eigenvalue weighted by Gasteiger charge is -2.30. The smallest absolute Gasteiger partial charge is 0.319 e. The van der Waals surface area contributed by atoms with Gasteiger partial charge in [-0.15, -0.1) is 0 Å². The summed E-state index contributed by atoms with van der Waals surface area (Å²) in [6, 6.07) is 2.19. The van der Waals surface area contributed by atoms with Crippen molar-refractivity contribution in [3.05, 3.63) is 0 Å². The third-order valence-corrected chi connectivity index (χ3v) is 2.13. The second kappa shape index (κ2) is 6.25. The van der Waals surface area contributed by atoms with Gasteiger partial charge < -0.3 is 9.80 Å². The number of nitriles is 1. The van der Waals surface area contributed by atoms with Crippen LogP contribution in [0.15, 0.2) is 0 Å². The van der Waals surface area contributed by atoms with Crippen molar-refractivity contribution >= 4 is 6.03 Å². The molecule has 2 amide bonds. The van der Waals surface area contributed by atoms with Gasteiger partial charge in [0, 0.05) is 26.2 Å². The molecule has 0 saturated carbocycles. The maximum absolute atomic E-state index is 11.8. The number of nitrogens with zero attached hydrogens (tertiary/aromatic N) is 3. The van der Waals surface area contributed by atoms with E-state index in [1.807, 2.05) is 20.8 Å². The van der Waals surface area contributed by atoms with Gasteiger partial charge in [-0.05, 0) is 20.8 Å². The average molecular weight is 197 g/mol. The Labute approximate surface area is 86.1 Å². The summed E-state index contributed by atoms with van der Waals surface area (Å²) in [7, 11) is 1.77. The molecule has 4 heteroatoms. The Hall–Kier alpha value is -1.24. The van der Waals surface area contributed by atoms with E-state index in [9.17, 15) is 4.79 Å². The summed E-state index contributed by atoms with van der Waals surface area (Å²) >= 11 is 0. The van der Waals surface area contributed by atoms with Crippen LogP contribution in [0.25, 0.3) is 0 Å². The third kappa shape index (κ3) is 3.65. The number of rotatable bonds is 4. The van der Waals surface area contributed by atoms with E-state index >= 15 is 0 Å². The van der Waals surface area contributed by atoms with E-state index in [4.69, 9.17) is 5.26 Å². The Morgan fingerprint density at radius 1 is 1.50 bits per heavy atom. The maximum atomic E-state index is 11.8. The predicted octanol–water partition coefficient (Wildman–Crippen LogP) is 1.68. The maximum Gasteiger partial charge on any atom is 0.319 e. The van der Waals surface area contributed by atoms with Crippen molar-refractivity contribution in [3.8, 4) is 6.07 Å². The Morgan fingerprint density at radius 3 is 2.43 bits per heavy atom. The molecule has 14 heavy (non-hydrogen) atoms. The first-order valence-corrected chi connectivity index (χ1v) is 4.93. The fourth-order valence-corrected chi connectivity index (χ4v) is 1.10. The number of amides is 2. The molecule has 0 aliphatic heterocycles. The van der Waals surface area contributed by atoms with Crippen LogP contribution < -0.4 is 0 Å². The molecule has 0 aromatic carbocycles. The first-order valence-electron chi connectivity index (χ1n) is 4.93. The van der Waals surface area contributed by atoms with E-state index < -0.39 is 0 Å². The van der Waals surface area contributed by atoms with E-state index in [1.165, 1.54) is 0 Å². The minimum atomic E-state index is -0.00208. The van der Waals surface area contributed by atoms with Crippen molar-refractivity contribution < 1.29 is 4.79 Å². The van der Waals surface area contributed by atoms with Crippen LogP contribution in [-0.2, 0) is 0 Å². The van der Waals surface area contributed by atoms with E-state index in [0.29, 0.717) is 19.5 Å². The van der Waals surface area contributed by atoms with Crippen LogP contribution in [0.3, 0.4) is 0 Å². The standard InChI is InChI=1S/C10H19N3O/c1-5-12(4)10(14)13(9(2)3)8-6-7-11/h9H,5-6,8H2,1-4H3. The zero-order valence-electron chi connectivity index (χ0n) is 9.45. The van der Waals surface area contributed by atoms with Gasteiger partial charge >= 0.3 is 6.03 Å². The molecule has 0 aromatic heterocycles. The average Bonchev–Trinajstić information content (AvgIpc) is 2.16. The van der Waals surface area contributed by atoms with Crippen molar-refractivity contribution in [2.45, 2.75) is 33.2 Å². The molecule has 0 aliphatic carbocycles. The highest BCUT2D eigenvalue weighted by molar-refractivity contribution is 5.74. The minimum absolute atomic E-state index is 0.00208. The van der Waals surface area contributed by atoms with E-state index in [2.05, 4.69) is 6.07 Å². The first-order chi connectivity index (χ1) is 6.54. The van der Waals surface area contributed by atoms with Crippen LogP contribution in [-0.4, -0.2) is 42.0 Å². The third-order valence-electron chi connectivity index (χ3n) is 2.13. The molecule has 0 atom stereocenters. The predicted molar refractivity (Wildman–Crippen MR) is 55.8 cm³/mol. The summed E-state index contributed by atoms with van der Waals surface area (Å²) in [6.45, 7) is 7.05. The second-order valence-electron chi connectivity index (χ2n) is 3.49. The molecule has 0 N–H and O–H groups in total. The lowest BCUT2D eigenvalue weighted by molar-refractivity contribution is 0.152. The van der Waals surface area contributed by atoms with Gasteiger partial charge in [-0.3, -0.25) is 0 Å². The molecular formula is C10H19N3O. The Bertz CT molecular complexity index is 220. The van der Waals surface area contributed by atoms with Crippen molar-refractivity contribution in [1.29, 1.82) is 5.26 Å². The number of urea groups is 1. The quantitative estimate of drug-likeness (QED) is 0.688. The highest BCUT2D eigenvalue weighted by Gasteiger charge is 2.18. The molecule has 0 unspecified atom stereocenters. The molecular weight excluding hydrogens is 178 g/mol. The zero-order chi connectivity index (χ0) is 11.1. The minimum Gasteiger partial charge on any atom is -0.328 e. The normalized spacial score (nSPS) is 9.71. The molecule has 0 fully saturated rings. The molecule has 0 spiro atoms. The summed E-state index contributed by atoms with van der Waals surface area (Å²) in [5.74, 6) is 0. The molecule has 4 nitrogen and oxygen atoms in total. The lowest BCUT2D eigenvalue weighted by Crippen LogP contribution is -2.45. The Morgan fingerprint density at radius 2 is 2.07 bits per heavy atom. The Kier molecular flexibility index (Phi) is 5.70. The van der Waals surface area contributed by atoms with Gasteiger partial charge in [0.25, 0.3) is 0 Å². The molecule has 0 rings (SSSR count). The summed E-state index contributed by atoms with van der Waals surface area (Å²) in [4.78, 5) is 15.1. The molecule has 0 aliphatic rings. The molecule has 0 bridgehead atoms. The van der Waals surface area contributed by atoms with Crippen molar-refractivity contribution in [2.24, 2.45) is 0 Å². The zero-order valence-corrected chi connectivity index (χ0v) is 9.45. The largest absolute Gasteiger partial charge is 0.328 e. The second-order valence-corrected chi connectivity index (χ2v) is 3.49. The van der Waals surface area contributed by atoms with Gasteiger partial charge in [0.15, 0.2) is 0 Å². The van der Waals surface area contributed by atoms with Gasteiger partial charge in [-0.1, -0.05) is 0 Å². The van der Waals surface area contributed by atoms with Crippen LogP contribution in [0, 0.1) is 11.3 Å². The number of carbonyl (C=O) groups excluding carboxylic acids is 1. The summed E-state index contributed by atoms with van der Waals surface area (Å²) in [5.41, 5.74) is 0. The van der Waals surface area contributed by atoms with Crippen molar-refractivity contribution in [1.82, 2.24) is 9.80 Å². The molecule has 0 radical (unpaired) electrons. The highest BCUT2D eigenvalue weighted by atomic mass is 16.2. The van der Waals surface area contributed by atoms with Crippen LogP contribution in [0.1, 0.15) is 27.2 Å². The van der Waals surface area contributed by atoms with Gasteiger partial charge in [0.2, 0.25) is 0 Å². The summed E-state index contributed by atoms with van der Waals surface area (Å²) in [6.07, 6.45) is 0.390. The fraction of sp³-hybridized carbons (Fsp3) is 0.800. The van der Waals surface area contributed by atoms with Gasteiger partial charge in [-0.25, -0.2) is 4.79 Å². The van der Waals surface area contributed by atoms with Crippen molar-refractivity contribution in [2.75, 3.05) is 20.1 Å². The van der Waals surface area contributed by atoms with E-state index in [0.717, 1.165) is 0 Å². The first kappa shape index (κ1) is 12.8.